The molecule has 4 heteroatoms. The number of hydrogen-bond acceptors (Lipinski definition) is 2. The highest BCUT2D eigenvalue weighted by molar-refractivity contribution is 5.92. The number of allylic oxidation sites excluding steroid dienone is 1. The number of likely N-dealkylation sites (tertiary alicyclic amines) is 1. The Morgan fingerprint density at radius 1 is 1.24 bits per heavy atom. The van der Waals surface area contributed by atoms with Crippen LogP contribution in [-0.2, 0) is 9.59 Å². The van der Waals surface area contributed by atoms with Crippen molar-refractivity contribution in [2.24, 2.45) is 5.92 Å². The van der Waals surface area contributed by atoms with Gasteiger partial charge in [0.25, 0.3) is 0 Å². The van der Waals surface area contributed by atoms with E-state index in [0.717, 1.165) is 31.3 Å². The zero-order valence-electron chi connectivity index (χ0n) is 10.2. The van der Waals surface area contributed by atoms with Crippen LogP contribution in [0.1, 0.15) is 39.0 Å². The average molecular weight is 237 g/mol. The van der Waals surface area contributed by atoms with Gasteiger partial charge in [0.15, 0.2) is 0 Å². The molecule has 1 aliphatic heterocycles. The van der Waals surface area contributed by atoms with Crippen LogP contribution in [-0.4, -0.2) is 34.5 Å². The molecule has 1 saturated carbocycles. The van der Waals surface area contributed by atoms with Gasteiger partial charge in [-0.05, 0) is 44.9 Å². The van der Waals surface area contributed by atoms with Gasteiger partial charge >= 0.3 is 5.97 Å². The summed E-state index contributed by atoms with van der Waals surface area (Å²) >= 11 is 0. The molecule has 0 aromatic heterocycles. The Labute approximate surface area is 101 Å². The lowest BCUT2D eigenvalue weighted by Gasteiger charge is -2.32. The molecule has 0 spiro atoms. The summed E-state index contributed by atoms with van der Waals surface area (Å²) in [6, 6.07) is -0.625. The third-order valence-corrected chi connectivity index (χ3v) is 3.64. The van der Waals surface area contributed by atoms with E-state index in [4.69, 9.17) is 5.11 Å². The number of amides is 1. The van der Waals surface area contributed by atoms with Gasteiger partial charge in [0.05, 0.1) is 0 Å². The van der Waals surface area contributed by atoms with Crippen LogP contribution in [0.4, 0.5) is 0 Å². The monoisotopic (exact) mass is 237 g/mol. The lowest BCUT2D eigenvalue weighted by molar-refractivity contribution is -0.150. The number of carbonyl (C=O) groups excluding carboxylic acids is 1. The predicted molar refractivity (Wildman–Crippen MR) is 63.5 cm³/mol. The van der Waals surface area contributed by atoms with Gasteiger partial charge in [-0.2, -0.15) is 0 Å². The highest BCUT2D eigenvalue weighted by Crippen LogP contribution is 2.36. The first-order valence-corrected chi connectivity index (χ1v) is 6.31. The van der Waals surface area contributed by atoms with Crippen LogP contribution in [0.5, 0.6) is 0 Å². The lowest BCUT2D eigenvalue weighted by atomic mass is 10.0. The number of hydrogen-bond donors (Lipinski definition) is 1. The number of aliphatic carboxylic acids is 1. The predicted octanol–water partition coefficient (Wildman–Crippen LogP) is 1.81. The molecule has 0 bridgehead atoms. The first-order valence-electron chi connectivity index (χ1n) is 6.31. The van der Waals surface area contributed by atoms with Crippen LogP contribution in [0.25, 0.3) is 0 Å². The molecule has 1 amide bonds. The summed E-state index contributed by atoms with van der Waals surface area (Å²) in [6.45, 7) is 2.54. The average Bonchev–Trinajstić information content (AvgIpc) is 3.12. The number of carbonyl (C=O) groups is 2. The maximum Gasteiger partial charge on any atom is 0.326 e. The molecule has 2 fully saturated rings. The fourth-order valence-corrected chi connectivity index (χ4v) is 2.39. The van der Waals surface area contributed by atoms with Crippen molar-refractivity contribution in [3.05, 3.63) is 11.6 Å². The lowest BCUT2D eigenvalue weighted by Crippen LogP contribution is -2.47. The summed E-state index contributed by atoms with van der Waals surface area (Å²) in [7, 11) is 0. The molecule has 1 aliphatic carbocycles. The molecule has 17 heavy (non-hydrogen) atoms. The third-order valence-electron chi connectivity index (χ3n) is 3.64. The number of nitrogens with zero attached hydrogens (tertiary/aromatic N) is 1. The summed E-state index contributed by atoms with van der Waals surface area (Å²) in [4.78, 5) is 24.6. The fourth-order valence-electron chi connectivity index (χ4n) is 2.39. The molecule has 94 valence electrons. The zero-order chi connectivity index (χ0) is 12.4. The van der Waals surface area contributed by atoms with Gasteiger partial charge in [-0.25, -0.2) is 4.79 Å². The van der Waals surface area contributed by atoms with E-state index in [9.17, 15) is 9.59 Å². The van der Waals surface area contributed by atoms with E-state index < -0.39 is 12.0 Å². The standard InChI is InChI=1S/C13H19NO3/c1-9(10-5-6-10)8-12(15)14-7-3-2-4-11(14)13(16)17/h8,10-11H,2-7H2,1H3,(H,16,17). The van der Waals surface area contributed by atoms with Gasteiger partial charge in [-0.15, -0.1) is 0 Å². The highest BCUT2D eigenvalue weighted by atomic mass is 16.4. The first-order chi connectivity index (χ1) is 8.09. The first kappa shape index (κ1) is 12.1. The molecule has 0 aromatic carbocycles. The Bertz CT molecular complexity index is 358. The largest absolute Gasteiger partial charge is 0.480 e. The summed E-state index contributed by atoms with van der Waals surface area (Å²) in [5, 5.41) is 9.10. The Balaban J connectivity index is 2.05. The van der Waals surface area contributed by atoms with Crippen molar-refractivity contribution in [2.45, 2.75) is 45.1 Å². The van der Waals surface area contributed by atoms with Gasteiger partial charge in [-0.1, -0.05) is 5.57 Å². The molecule has 1 saturated heterocycles. The maximum absolute atomic E-state index is 12.0. The molecule has 4 nitrogen and oxygen atoms in total. The van der Waals surface area contributed by atoms with Crippen LogP contribution >= 0.6 is 0 Å². The second kappa shape index (κ2) is 4.90. The minimum atomic E-state index is -0.879. The van der Waals surface area contributed by atoms with Crippen molar-refractivity contribution in [1.29, 1.82) is 0 Å². The van der Waals surface area contributed by atoms with Crippen LogP contribution < -0.4 is 0 Å². The van der Waals surface area contributed by atoms with Gasteiger partial charge < -0.3 is 10.0 Å². The Kier molecular flexibility index (Phi) is 3.50. The molecule has 1 atom stereocenters. The maximum atomic E-state index is 12.0. The van der Waals surface area contributed by atoms with Gasteiger partial charge in [-0.3, -0.25) is 4.79 Å². The Morgan fingerprint density at radius 3 is 2.53 bits per heavy atom. The molecule has 1 heterocycles. The van der Waals surface area contributed by atoms with Crippen LogP contribution in [0.3, 0.4) is 0 Å². The minimum Gasteiger partial charge on any atom is -0.480 e. The topological polar surface area (TPSA) is 57.6 Å². The van der Waals surface area contributed by atoms with Crippen molar-refractivity contribution in [3.8, 4) is 0 Å². The second-order valence-electron chi connectivity index (χ2n) is 5.04. The van der Waals surface area contributed by atoms with Crippen molar-refractivity contribution in [1.82, 2.24) is 4.90 Å². The summed E-state index contributed by atoms with van der Waals surface area (Å²) < 4.78 is 0. The quantitative estimate of drug-likeness (QED) is 0.761. The van der Waals surface area contributed by atoms with E-state index in [0.29, 0.717) is 18.9 Å². The smallest absolute Gasteiger partial charge is 0.326 e. The zero-order valence-corrected chi connectivity index (χ0v) is 10.2. The van der Waals surface area contributed by atoms with E-state index >= 15 is 0 Å². The van der Waals surface area contributed by atoms with Crippen molar-refractivity contribution in [3.63, 3.8) is 0 Å². The van der Waals surface area contributed by atoms with Crippen molar-refractivity contribution in [2.75, 3.05) is 6.54 Å². The highest BCUT2D eigenvalue weighted by Gasteiger charge is 2.32. The Hall–Kier alpha value is -1.32. The Morgan fingerprint density at radius 2 is 1.94 bits per heavy atom. The van der Waals surface area contributed by atoms with E-state index in [-0.39, 0.29) is 5.91 Å². The minimum absolute atomic E-state index is 0.124. The van der Waals surface area contributed by atoms with Gasteiger partial charge in [0.2, 0.25) is 5.91 Å². The normalized spacial score (nSPS) is 25.8. The van der Waals surface area contributed by atoms with Crippen molar-refractivity contribution < 1.29 is 14.7 Å². The molecule has 2 aliphatic rings. The van der Waals surface area contributed by atoms with E-state index in [1.807, 2.05) is 6.92 Å². The fraction of sp³-hybridized carbons (Fsp3) is 0.692. The molecule has 0 aromatic rings. The molecular weight excluding hydrogens is 218 g/mol. The van der Waals surface area contributed by atoms with Crippen LogP contribution in [0.2, 0.25) is 0 Å². The summed E-state index contributed by atoms with van der Waals surface area (Å²) in [5.41, 5.74) is 1.10. The van der Waals surface area contributed by atoms with Gasteiger partial charge in [0.1, 0.15) is 6.04 Å². The van der Waals surface area contributed by atoms with Crippen LogP contribution in [0, 0.1) is 5.92 Å². The van der Waals surface area contributed by atoms with E-state index in [2.05, 4.69) is 0 Å². The van der Waals surface area contributed by atoms with E-state index in [1.54, 1.807) is 6.08 Å². The van der Waals surface area contributed by atoms with E-state index in [1.165, 1.54) is 4.90 Å². The number of carboxylic acid groups (broad SMARTS) is 1. The number of rotatable bonds is 3. The van der Waals surface area contributed by atoms with Crippen molar-refractivity contribution >= 4 is 11.9 Å². The molecule has 2 rings (SSSR count). The summed E-state index contributed by atoms with van der Waals surface area (Å²) in [5.74, 6) is -0.441. The summed E-state index contributed by atoms with van der Waals surface area (Å²) in [6.07, 6.45) is 6.35. The molecule has 1 N–H and O–H groups in total. The number of carboxylic acids is 1. The van der Waals surface area contributed by atoms with Crippen LogP contribution in [0.15, 0.2) is 11.6 Å². The number of piperidine rings is 1. The third kappa shape index (κ3) is 2.87. The second-order valence-corrected chi connectivity index (χ2v) is 5.04. The SMILES string of the molecule is CC(=CC(=O)N1CCCCC1C(=O)O)C1CC1. The molecule has 1 unspecified atom stereocenters. The molecule has 0 radical (unpaired) electrons. The molecular formula is C13H19NO3. The van der Waals surface area contributed by atoms with Gasteiger partial charge in [0, 0.05) is 12.6 Å².